The van der Waals surface area contributed by atoms with E-state index in [1.807, 2.05) is 11.1 Å². The predicted molar refractivity (Wildman–Crippen MR) is 124 cm³/mol. The molecule has 5 nitrogen and oxygen atoms in total. The van der Waals surface area contributed by atoms with Gasteiger partial charge in [-0.1, -0.05) is 30.3 Å². The van der Waals surface area contributed by atoms with Crippen LogP contribution < -0.4 is 0 Å². The van der Waals surface area contributed by atoms with Gasteiger partial charge in [0, 0.05) is 31.6 Å². The van der Waals surface area contributed by atoms with Crippen LogP contribution in [0.15, 0.2) is 48.7 Å². The molecule has 2 aliphatic heterocycles. The summed E-state index contributed by atoms with van der Waals surface area (Å²) in [6.45, 7) is 5.14. The third kappa shape index (κ3) is 4.99. The van der Waals surface area contributed by atoms with Crippen LogP contribution >= 0.6 is 0 Å². The fraction of sp³-hybridized carbons (Fsp3) is 0.462. The van der Waals surface area contributed by atoms with E-state index < -0.39 is 0 Å². The van der Waals surface area contributed by atoms with Gasteiger partial charge < -0.3 is 4.90 Å². The molecule has 1 aromatic heterocycles. The van der Waals surface area contributed by atoms with Crippen molar-refractivity contribution in [3.8, 4) is 0 Å². The average molecular weight is 417 g/mol. The highest BCUT2D eigenvalue weighted by atomic mass is 16.2. The Hall–Kier alpha value is -2.66. The van der Waals surface area contributed by atoms with Crippen molar-refractivity contribution in [1.29, 1.82) is 0 Å². The first-order valence-corrected chi connectivity index (χ1v) is 11.7. The van der Waals surface area contributed by atoms with Gasteiger partial charge in [-0.3, -0.25) is 14.8 Å². The highest BCUT2D eigenvalue weighted by molar-refractivity contribution is 5.79. The molecule has 162 valence electrons. The Morgan fingerprint density at radius 3 is 2.77 bits per heavy atom. The van der Waals surface area contributed by atoms with E-state index in [1.165, 1.54) is 29.4 Å². The zero-order valence-electron chi connectivity index (χ0n) is 18.2. The van der Waals surface area contributed by atoms with Crippen molar-refractivity contribution in [2.24, 2.45) is 5.92 Å². The van der Waals surface area contributed by atoms with Gasteiger partial charge in [0.2, 0.25) is 5.91 Å². The number of aromatic nitrogens is 2. The van der Waals surface area contributed by atoms with Gasteiger partial charge in [-0.15, -0.1) is 0 Å². The van der Waals surface area contributed by atoms with Crippen LogP contribution in [-0.4, -0.2) is 52.1 Å². The van der Waals surface area contributed by atoms with Crippen molar-refractivity contribution in [3.63, 3.8) is 0 Å². The molecule has 2 aromatic carbocycles. The number of nitrogens with one attached hydrogen (secondary N) is 1. The van der Waals surface area contributed by atoms with Gasteiger partial charge in [0.1, 0.15) is 0 Å². The Kier molecular flexibility index (Phi) is 6.03. The number of likely N-dealkylation sites (tertiary alicyclic amines) is 2. The van der Waals surface area contributed by atoms with Crippen LogP contribution in [0.3, 0.4) is 0 Å². The molecule has 3 heterocycles. The minimum absolute atomic E-state index is 0.280. The number of aromatic amines is 1. The molecule has 5 heteroatoms. The summed E-state index contributed by atoms with van der Waals surface area (Å²) in [5.41, 5.74) is 4.99. The van der Waals surface area contributed by atoms with E-state index in [9.17, 15) is 4.79 Å². The molecule has 0 spiro atoms. The molecular formula is C26H32N4O. The minimum Gasteiger partial charge on any atom is -0.342 e. The molecular weight excluding hydrogens is 384 g/mol. The van der Waals surface area contributed by atoms with Gasteiger partial charge >= 0.3 is 0 Å². The molecule has 0 aliphatic carbocycles. The molecule has 0 unspecified atom stereocenters. The first-order chi connectivity index (χ1) is 15.2. The molecule has 3 aromatic rings. The fourth-order valence-electron chi connectivity index (χ4n) is 5.26. The Bertz CT molecular complexity index is 1040. The van der Waals surface area contributed by atoms with Gasteiger partial charge in [-0.05, 0) is 73.4 Å². The number of carbonyl (C=O) groups is 1. The predicted octanol–water partition coefficient (Wildman–Crippen LogP) is 4.18. The first-order valence-electron chi connectivity index (χ1n) is 11.7. The topological polar surface area (TPSA) is 52.2 Å². The van der Waals surface area contributed by atoms with Crippen LogP contribution in [0.5, 0.6) is 0 Å². The molecule has 5 rings (SSSR count). The maximum Gasteiger partial charge on any atom is 0.226 e. The lowest BCUT2D eigenvalue weighted by Gasteiger charge is -2.33. The summed E-state index contributed by atoms with van der Waals surface area (Å²) in [6.07, 6.45) is 8.42. The first kappa shape index (κ1) is 20.3. The molecule has 2 aliphatic rings. The van der Waals surface area contributed by atoms with Crippen LogP contribution in [0, 0.1) is 5.92 Å². The zero-order chi connectivity index (χ0) is 21.0. The molecule has 0 radical (unpaired) electrons. The second kappa shape index (κ2) is 9.23. The maximum absolute atomic E-state index is 12.5. The third-order valence-corrected chi connectivity index (χ3v) is 6.84. The summed E-state index contributed by atoms with van der Waals surface area (Å²) in [7, 11) is 0. The van der Waals surface area contributed by atoms with Gasteiger partial charge in [0.05, 0.1) is 18.1 Å². The average Bonchev–Trinajstić information content (AvgIpc) is 3.46. The summed E-state index contributed by atoms with van der Waals surface area (Å²) in [5, 5.41) is 8.37. The Labute approximate surface area is 184 Å². The SMILES string of the molecule is O=C(Cc1cccc(CN2CCC[C@@H](Cc3ccc4[nH]ncc4c3)C2)c1)N1CCCC1. The van der Waals surface area contributed by atoms with Crippen molar-refractivity contribution >= 4 is 16.8 Å². The van der Waals surface area contributed by atoms with E-state index in [2.05, 4.69) is 57.6 Å². The maximum atomic E-state index is 12.5. The molecule has 0 saturated carbocycles. The molecule has 1 N–H and O–H groups in total. The molecule has 2 saturated heterocycles. The van der Waals surface area contributed by atoms with Crippen LogP contribution in [0.2, 0.25) is 0 Å². The van der Waals surface area contributed by atoms with Crippen molar-refractivity contribution in [3.05, 3.63) is 65.4 Å². The number of amides is 1. The van der Waals surface area contributed by atoms with Gasteiger partial charge in [-0.25, -0.2) is 0 Å². The lowest BCUT2D eigenvalue weighted by molar-refractivity contribution is -0.129. The number of H-pyrrole nitrogens is 1. The summed E-state index contributed by atoms with van der Waals surface area (Å²) in [5.74, 6) is 0.973. The van der Waals surface area contributed by atoms with E-state index in [1.54, 1.807) is 0 Å². The molecule has 0 bridgehead atoms. The van der Waals surface area contributed by atoms with Crippen molar-refractivity contribution in [2.75, 3.05) is 26.2 Å². The van der Waals surface area contributed by atoms with E-state index in [0.717, 1.165) is 63.1 Å². The summed E-state index contributed by atoms with van der Waals surface area (Å²) < 4.78 is 0. The second-order valence-corrected chi connectivity index (χ2v) is 9.32. The number of carbonyl (C=O) groups excluding carboxylic acids is 1. The smallest absolute Gasteiger partial charge is 0.226 e. The lowest BCUT2D eigenvalue weighted by atomic mass is 9.90. The number of nitrogens with zero attached hydrogens (tertiary/aromatic N) is 3. The molecule has 31 heavy (non-hydrogen) atoms. The van der Waals surface area contributed by atoms with E-state index in [4.69, 9.17) is 0 Å². The zero-order valence-corrected chi connectivity index (χ0v) is 18.2. The number of piperidine rings is 1. The van der Waals surface area contributed by atoms with E-state index in [0.29, 0.717) is 12.3 Å². The van der Waals surface area contributed by atoms with Crippen LogP contribution in [0.25, 0.3) is 10.9 Å². The molecule has 2 fully saturated rings. The molecule has 1 atom stereocenters. The second-order valence-electron chi connectivity index (χ2n) is 9.32. The normalized spacial score (nSPS) is 19.9. The monoisotopic (exact) mass is 416 g/mol. The van der Waals surface area contributed by atoms with Gasteiger partial charge in [0.15, 0.2) is 0 Å². The highest BCUT2D eigenvalue weighted by Gasteiger charge is 2.21. The van der Waals surface area contributed by atoms with Gasteiger partial charge in [-0.2, -0.15) is 5.10 Å². The van der Waals surface area contributed by atoms with Crippen molar-refractivity contribution in [2.45, 2.75) is 45.1 Å². The number of fused-ring (bicyclic) bond motifs is 1. The Morgan fingerprint density at radius 2 is 1.87 bits per heavy atom. The molecule has 1 amide bonds. The van der Waals surface area contributed by atoms with Crippen LogP contribution in [-0.2, 0) is 24.2 Å². The van der Waals surface area contributed by atoms with E-state index in [-0.39, 0.29) is 5.91 Å². The van der Waals surface area contributed by atoms with E-state index >= 15 is 0 Å². The van der Waals surface area contributed by atoms with Crippen molar-refractivity contribution in [1.82, 2.24) is 20.0 Å². The Balaban J connectivity index is 1.18. The van der Waals surface area contributed by atoms with Gasteiger partial charge in [0.25, 0.3) is 0 Å². The van der Waals surface area contributed by atoms with Crippen LogP contribution in [0.1, 0.15) is 42.4 Å². The standard InChI is InChI=1S/C26H32N4O/c31-26(30-11-1-2-12-30)16-20-5-3-6-22(13-20)18-29-10-4-7-23(19-29)14-21-8-9-25-24(15-21)17-27-28-25/h3,5-6,8-9,13,15,17,23H,1-2,4,7,10-12,14,16,18-19H2,(H,27,28)/t23-/m0/s1. The highest BCUT2D eigenvalue weighted by Crippen LogP contribution is 2.24. The third-order valence-electron chi connectivity index (χ3n) is 6.84. The number of hydrogen-bond acceptors (Lipinski definition) is 3. The Morgan fingerprint density at radius 1 is 1.00 bits per heavy atom. The summed E-state index contributed by atoms with van der Waals surface area (Å²) >= 11 is 0. The number of benzene rings is 2. The summed E-state index contributed by atoms with van der Waals surface area (Å²) in [6, 6.07) is 15.3. The quantitative estimate of drug-likeness (QED) is 0.656. The number of hydrogen-bond donors (Lipinski definition) is 1. The fourth-order valence-corrected chi connectivity index (χ4v) is 5.26. The summed E-state index contributed by atoms with van der Waals surface area (Å²) in [4.78, 5) is 17.1. The van der Waals surface area contributed by atoms with Crippen LogP contribution in [0.4, 0.5) is 0 Å². The number of rotatable bonds is 6. The minimum atomic E-state index is 0.280. The lowest BCUT2D eigenvalue weighted by Crippen LogP contribution is -2.35. The largest absolute Gasteiger partial charge is 0.342 e. The van der Waals surface area contributed by atoms with Crippen molar-refractivity contribution < 1.29 is 4.79 Å².